The van der Waals surface area contributed by atoms with Crippen molar-refractivity contribution in [3.63, 3.8) is 0 Å². The quantitative estimate of drug-likeness (QED) is 0.499. The summed E-state index contributed by atoms with van der Waals surface area (Å²) < 4.78 is 19.2. The molecule has 1 fully saturated rings. The third-order valence-electron chi connectivity index (χ3n) is 4.52. The number of carbonyl (C=O) groups is 3. The van der Waals surface area contributed by atoms with Crippen LogP contribution in [-0.4, -0.2) is 41.8 Å². The van der Waals surface area contributed by atoms with E-state index in [2.05, 4.69) is 0 Å². The van der Waals surface area contributed by atoms with Crippen molar-refractivity contribution >= 4 is 41.0 Å². The summed E-state index contributed by atoms with van der Waals surface area (Å²) in [4.78, 5) is 36.3. The van der Waals surface area contributed by atoms with Gasteiger partial charge in [-0.05, 0) is 37.0 Å². The summed E-state index contributed by atoms with van der Waals surface area (Å²) in [6, 6.07) is 1.88. The molecule has 0 spiro atoms. The zero-order chi connectivity index (χ0) is 18.1. The van der Waals surface area contributed by atoms with E-state index in [1.54, 1.807) is 0 Å². The van der Waals surface area contributed by atoms with E-state index in [9.17, 15) is 18.8 Å². The summed E-state index contributed by atoms with van der Waals surface area (Å²) >= 11 is 5.82. The molecule has 0 aliphatic carbocycles. The Labute approximate surface area is 148 Å². The first-order chi connectivity index (χ1) is 11.9. The van der Waals surface area contributed by atoms with Crippen LogP contribution in [0.5, 0.6) is 0 Å². The van der Waals surface area contributed by atoms with Crippen molar-refractivity contribution < 1.29 is 23.5 Å². The Hall–Kier alpha value is -2.41. The molecule has 2 N–H and O–H groups in total. The highest BCUT2D eigenvalue weighted by Crippen LogP contribution is 2.39. The molecule has 8 heteroatoms. The van der Waals surface area contributed by atoms with Gasteiger partial charge in [0.2, 0.25) is 5.91 Å². The van der Waals surface area contributed by atoms with Gasteiger partial charge in [-0.2, -0.15) is 0 Å². The first-order valence-corrected chi connectivity index (χ1v) is 8.18. The van der Waals surface area contributed by atoms with Gasteiger partial charge in [-0.3, -0.25) is 9.59 Å². The van der Waals surface area contributed by atoms with Gasteiger partial charge in [0, 0.05) is 23.4 Å². The molecule has 0 unspecified atom stereocenters. The Morgan fingerprint density at radius 1 is 1.44 bits per heavy atom. The summed E-state index contributed by atoms with van der Waals surface area (Å²) in [6.45, 7) is -0.340. The average Bonchev–Trinajstić information content (AvgIpc) is 3.01. The molecule has 132 valence electrons. The number of nitrogens with two attached hydrogens (primary N) is 1. The summed E-state index contributed by atoms with van der Waals surface area (Å²) in [5.41, 5.74) is 6.66. The number of carbonyl (C=O) groups excluding carboxylic acids is 3. The lowest BCUT2D eigenvalue weighted by Gasteiger charge is -2.33. The molecule has 1 aromatic rings. The number of nitrogens with zero attached hydrogens (tertiary/aromatic N) is 1. The van der Waals surface area contributed by atoms with Gasteiger partial charge >= 0.3 is 5.97 Å². The number of amides is 1. The van der Waals surface area contributed by atoms with Crippen molar-refractivity contribution in [1.82, 2.24) is 4.90 Å². The Balaban J connectivity index is 1.89. The molecule has 1 aromatic carbocycles. The average molecular weight is 367 g/mol. The molecule has 2 heterocycles. The number of hydrogen-bond donors (Lipinski definition) is 1. The second-order valence-electron chi connectivity index (χ2n) is 5.99. The third kappa shape index (κ3) is 3.11. The maximum Gasteiger partial charge on any atom is 0.329 e. The predicted molar refractivity (Wildman–Crippen MR) is 89.1 cm³/mol. The van der Waals surface area contributed by atoms with Gasteiger partial charge in [0.05, 0.1) is 5.02 Å². The minimum atomic E-state index is -0.725. The Kier molecular flexibility index (Phi) is 4.76. The maximum absolute atomic E-state index is 14.4. The van der Waals surface area contributed by atoms with E-state index < -0.39 is 23.7 Å². The van der Waals surface area contributed by atoms with Gasteiger partial charge in [0.15, 0.2) is 12.1 Å². The first-order valence-electron chi connectivity index (χ1n) is 7.81. The van der Waals surface area contributed by atoms with Crippen LogP contribution >= 0.6 is 11.6 Å². The summed E-state index contributed by atoms with van der Waals surface area (Å²) in [5, 5.41) is -0.0679. The Morgan fingerprint density at radius 2 is 2.20 bits per heavy atom. The first kappa shape index (κ1) is 17.4. The molecule has 0 bridgehead atoms. The second-order valence-corrected chi connectivity index (χ2v) is 6.40. The Morgan fingerprint density at radius 3 is 2.92 bits per heavy atom. The lowest BCUT2D eigenvalue weighted by Crippen LogP contribution is -2.46. The minimum absolute atomic E-state index is 0.0679. The van der Waals surface area contributed by atoms with Gasteiger partial charge in [0.1, 0.15) is 12.6 Å². The zero-order valence-corrected chi connectivity index (χ0v) is 14.0. The number of aldehydes is 1. The molecule has 1 amide bonds. The van der Waals surface area contributed by atoms with Crippen LogP contribution in [-0.2, 0) is 19.1 Å². The number of ether oxygens (including phenoxy) is 1. The molecule has 25 heavy (non-hydrogen) atoms. The standard InChI is InChI=1S/C17H16ClFN2O4/c18-11-2-3-12(20)15(16(11)19)9-7-10-1-4-13(17(24)25-6-5-22)21(10)14(23)8-9/h2-3,5,8,10,13H,1,4,6-7,20H2/t10-,13+/m1/s1. The van der Waals surface area contributed by atoms with E-state index in [4.69, 9.17) is 22.1 Å². The van der Waals surface area contributed by atoms with Crippen LogP contribution in [0.4, 0.5) is 10.1 Å². The van der Waals surface area contributed by atoms with Gasteiger partial charge in [-0.25, -0.2) is 9.18 Å². The fourth-order valence-electron chi connectivity index (χ4n) is 3.46. The van der Waals surface area contributed by atoms with Gasteiger partial charge in [-0.15, -0.1) is 0 Å². The number of benzene rings is 1. The Bertz CT molecular complexity index is 780. The van der Waals surface area contributed by atoms with Crippen molar-refractivity contribution in [2.24, 2.45) is 0 Å². The monoisotopic (exact) mass is 366 g/mol. The van der Waals surface area contributed by atoms with Crippen LogP contribution in [0.1, 0.15) is 24.8 Å². The molecular formula is C17H16ClFN2O4. The van der Waals surface area contributed by atoms with E-state index >= 15 is 0 Å². The lowest BCUT2D eigenvalue weighted by molar-refractivity contribution is -0.154. The summed E-state index contributed by atoms with van der Waals surface area (Å²) in [6.07, 6.45) is 3.14. The van der Waals surface area contributed by atoms with E-state index in [1.807, 2.05) is 0 Å². The van der Waals surface area contributed by atoms with Crippen LogP contribution in [0.3, 0.4) is 0 Å². The molecule has 2 aliphatic heterocycles. The number of halogens is 2. The highest BCUT2D eigenvalue weighted by molar-refractivity contribution is 6.31. The SMILES string of the molecule is Nc1ccc(Cl)c(F)c1C1=CC(=O)N2[C@H](CC[C@H]2C(=O)OCC=O)C1. The molecule has 3 rings (SSSR count). The summed E-state index contributed by atoms with van der Waals surface area (Å²) in [7, 11) is 0. The van der Waals surface area contributed by atoms with Crippen molar-refractivity contribution in [2.45, 2.75) is 31.3 Å². The summed E-state index contributed by atoms with van der Waals surface area (Å²) in [5.74, 6) is -1.67. The van der Waals surface area contributed by atoms with Gasteiger partial charge in [-0.1, -0.05) is 11.6 Å². The fraction of sp³-hybridized carbons (Fsp3) is 0.353. The largest absolute Gasteiger partial charge is 0.456 e. The van der Waals surface area contributed by atoms with Crippen molar-refractivity contribution in [3.8, 4) is 0 Å². The molecule has 1 saturated heterocycles. The third-order valence-corrected chi connectivity index (χ3v) is 4.82. The van der Waals surface area contributed by atoms with E-state index in [-0.39, 0.29) is 28.9 Å². The zero-order valence-electron chi connectivity index (χ0n) is 13.2. The second kappa shape index (κ2) is 6.84. The van der Waals surface area contributed by atoms with Gasteiger partial charge < -0.3 is 15.4 Å². The molecular weight excluding hydrogens is 351 g/mol. The maximum atomic E-state index is 14.4. The number of esters is 1. The number of fused-ring (bicyclic) bond motifs is 1. The van der Waals surface area contributed by atoms with E-state index in [1.165, 1.54) is 23.1 Å². The molecule has 0 saturated carbocycles. The van der Waals surface area contributed by atoms with E-state index in [0.29, 0.717) is 31.1 Å². The van der Waals surface area contributed by atoms with Crippen molar-refractivity contribution in [2.75, 3.05) is 12.3 Å². The van der Waals surface area contributed by atoms with Crippen LogP contribution < -0.4 is 5.73 Å². The fourth-order valence-corrected chi connectivity index (χ4v) is 3.62. The number of nitrogen functional groups attached to an aromatic ring is 1. The van der Waals surface area contributed by atoms with Crippen LogP contribution in [0.2, 0.25) is 5.02 Å². The van der Waals surface area contributed by atoms with E-state index in [0.717, 1.165) is 0 Å². The topological polar surface area (TPSA) is 89.7 Å². The van der Waals surface area contributed by atoms with Crippen molar-refractivity contribution in [1.29, 1.82) is 0 Å². The number of hydrogen-bond acceptors (Lipinski definition) is 5. The van der Waals surface area contributed by atoms with Crippen molar-refractivity contribution in [3.05, 3.63) is 34.6 Å². The lowest BCUT2D eigenvalue weighted by atomic mass is 9.92. The number of anilines is 1. The van der Waals surface area contributed by atoms with Crippen LogP contribution in [0, 0.1) is 5.82 Å². The normalized spacial score (nSPS) is 22.4. The molecule has 6 nitrogen and oxygen atoms in total. The highest BCUT2D eigenvalue weighted by atomic mass is 35.5. The smallest absolute Gasteiger partial charge is 0.329 e. The van der Waals surface area contributed by atoms with Gasteiger partial charge in [0.25, 0.3) is 0 Å². The molecule has 0 radical (unpaired) electrons. The highest BCUT2D eigenvalue weighted by Gasteiger charge is 2.44. The molecule has 2 aliphatic rings. The molecule has 0 aromatic heterocycles. The molecule has 2 atom stereocenters. The minimum Gasteiger partial charge on any atom is -0.456 e. The van der Waals surface area contributed by atoms with Crippen LogP contribution in [0.25, 0.3) is 5.57 Å². The van der Waals surface area contributed by atoms with Crippen LogP contribution in [0.15, 0.2) is 18.2 Å². The number of rotatable bonds is 4. The predicted octanol–water partition coefficient (Wildman–Crippen LogP) is 1.95.